The van der Waals surface area contributed by atoms with Gasteiger partial charge in [-0.3, -0.25) is 4.79 Å². The SMILES string of the molecule is Cc1nc2c(c(N(C)C)n1)CCN(C(=O)[C@H](O)CC(C)C)C2. The highest BCUT2D eigenvalue weighted by Gasteiger charge is 2.29. The third-order valence-corrected chi connectivity index (χ3v) is 3.87. The first-order chi connectivity index (χ1) is 10.3. The zero-order valence-electron chi connectivity index (χ0n) is 14.1. The van der Waals surface area contributed by atoms with Crippen LogP contribution in [0.4, 0.5) is 5.82 Å². The van der Waals surface area contributed by atoms with Crippen LogP contribution < -0.4 is 4.90 Å². The van der Waals surface area contributed by atoms with E-state index in [0.717, 1.165) is 23.5 Å². The van der Waals surface area contributed by atoms with E-state index in [1.54, 1.807) is 4.90 Å². The summed E-state index contributed by atoms with van der Waals surface area (Å²) in [6.45, 7) is 6.92. The Kier molecular flexibility index (Phi) is 5.01. The van der Waals surface area contributed by atoms with Crippen LogP contribution in [0.15, 0.2) is 0 Å². The molecule has 0 spiro atoms. The van der Waals surface area contributed by atoms with E-state index in [1.165, 1.54) is 0 Å². The third-order valence-electron chi connectivity index (χ3n) is 3.87. The Labute approximate surface area is 132 Å². The van der Waals surface area contributed by atoms with Gasteiger partial charge in [-0.05, 0) is 25.7 Å². The number of hydrogen-bond donors (Lipinski definition) is 1. The van der Waals surface area contributed by atoms with Crippen LogP contribution in [0.3, 0.4) is 0 Å². The van der Waals surface area contributed by atoms with E-state index in [0.29, 0.717) is 31.3 Å². The molecule has 22 heavy (non-hydrogen) atoms. The van der Waals surface area contributed by atoms with E-state index < -0.39 is 6.10 Å². The van der Waals surface area contributed by atoms with Crippen LogP contribution in [-0.2, 0) is 17.8 Å². The van der Waals surface area contributed by atoms with E-state index in [1.807, 2.05) is 39.8 Å². The van der Waals surface area contributed by atoms with Crippen molar-refractivity contribution in [3.8, 4) is 0 Å². The molecule has 2 rings (SSSR count). The summed E-state index contributed by atoms with van der Waals surface area (Å²) in [7, 11) is 3.93. The lowest BCUT2D eigenvalue weighted by Crippen LogP contribution is -2.43. The topological polar surface area (TPSA) is 69.6 Å². The molecule has 6 nitrogen and oxygen atoms in total. The lowest BCUT2D eigenvalue weighted by atomic mass is 10.0. The van der Waals surface area contributed by atoms with Crippen LogP contribution in [0.25, 0.3) is 0 Å². The lowest BCUT2D eigenvalue weighted by molar-refractivity contribution is -0.142. The number of rotatable bonds is 4. The summed E-state index contributed by atoms with van der Waals surface area (Å²) in [6, 6.07) is 0. The van der Waals surface area contributed by atoms with Crippen molar-refractivity contribution in [2.45, 2.75) is 46.3 Å². The molecule has 6 heteroatoms. The normalized spacial score (nSPS) is 15.7. The number of nitrogens with zero attached hydrogens (tertiary/aromatic N) is 4. The molecule has 1 N–H and O–H groups in total. The molecule has 1 aromatic rings. The maximum atomic E-state index is 12.4. The number of aryl methyl sites for hydroxylation is 1. The van der Waals surface area contributed by atoms with Crippen molar-refractivity contribution in [1.82, 2.24) is 14.9 Å². The number of aliphatic hydroxyl groups is 1. The summed E-state index contributed by atoms with van der Waals surface area (Å²) in [5.74, 6) is 1.74. The van der Waals surface area contributed by atoms with Crippen molar-refractivity contribution in [3.63, 3.8) is 0 Å². The number of fused-ring (bicyclic) bond motifs is 1. The number of carbonyl (C=O) groups is 1. The van der Waals surface area contributed by atoms with E-state index in [2.05, 4.69) is 9.97 Å². The average Bonchev–Trinajstić information content (AvgIpc) is 2.43. The van der Waals surface area contributed by atoms with Gasteiger partial charge in [0.25, 0.3) is 5.91 Å². The van der Waals surface area contributed by atoms with Crippen molar-refractivity contribution in [3.05, 3.63) is 17.1 Å². The molecule has 0 saturated carbocycles. The first-order valence-corrected chi connectivity index (χ1v) is 7.80. The van der Waals surface area contributed by atoms with Gasteiger partial charge in [0, 0.05) is 26.2 Å². The fourth-order valence-corrected chi connectivity index (χ4v) is 2.85. The smallest absolute Gasteiger partial charge is 0.251 e. The Morgan fingerprint density at radius 3 is 2.64 bits per heavy atom. The summed E-state index contributed by atoms with van der Waals surface area (Å²) in [5.41, 5.74) is 2.01. The van der Waals surface area contributed by atoms with Gasteiger partial charge in [-0.15, -0.1) is 0 Å². The first-order valence-electron chi connectivity index (χ1n) is 7.80. The van der Waals surface area contributed by atoms with Crippen LogP contribution in [0.5, 0.6) is 0 Å². The minimum absolute atomic E-state index is 0.193. The molecule has 0 bridgehead atoms. The molecule has 1 aliphatic rings. The summed E-state index contributed by atoms with van der Waals surface area (Å²) >= 11 is 0. The van der Waals surface area contributed by atoms with Crippen LogP contribution >= 0.6 is 0 Å². The Morgan fingerprint density at radius 1 is 1.36 bits per heavy atom. The van der Waals surface area contributed by atoms with Gasteiger partial charge in [0.05, 0.1) is 12.2 Å². The van der Waals surface area contributed by atoms with Gasteiger partial charge < -0.3 is 14.9 Å². The maximum absolute atomic E-state index is 12.4. The number of aromatic nitrogens is 2. The van der Waals surface area contributed by atoms with Crippen molar-refractivity contribution >= 4 is 11.7 Å². The standard InChI is InChI=1S/C16H26N4O2/c1-10(2)8-14(21)16(22)20-7-6-12-13(9-20)17-11(3)18-15(12)19(4)5/h10,14,21H,6-9H2,1-5H3/t14-/m1/s1. The molecular weight excluding hydrogens is 280 g/mol. The molecule has 0 saturated heterocycles. The molecule has 0 aromatic carbocycles. The van der Waals surface area contributed by atoms with Crippen molar-refractivity contribution in [2.24, 2.45) is 5.92 Å². The summed E-state index contributed by atoms with van der Waals surface area (Å²) in [5, 5.41) is 10.1. The van der Waals surface area contributed by atoms with Crippen LogP contribution in [0.1, 0.15) is 37.4 Å². The summed E-state index contributed by atoms with van der Waals surface area (Å²) in [6.07, 6.45) is 0.301. The minimum atomic E-state index is -0.919. The molecule has 122 valence electrons. The number of anilines is 1. The van der Waals surface area contributed by atoms with Crippen LogP contribution in [0, 0.1) is 12.8 Å². The molecular formula is C16H26N4O2. The zero-order valence-corrected chi connectivity index (χ0v) is 14.1. The number of hydrogen-bond acceptors (Lipinski definition) is 5. The molecule has 1 aliphatic heterocycles. The summed E-state index contributed by atoms with van der Waals surface area (Å²) < 4.78 is 0. The summed E-state index contributed by atoms with van der Waals surface area (Å²) in [4.78, 5) is 25.1. The number of carbonyl (C=O) groups excluding carboxylic acids is 1. The third kappa shape index (κ3) is 3.55. The van der Waals surface area contributed by atoms with Gasteiger partial charge in [0.2, 0.25) is 0 Å². The van der Waals surface area contributed by atoms with Gasteiger partial charge in [0.1, 0.15) is 17.7 Å². The predicted octanol–water partition coefficient (Wildman–Crippen LogP) is 1.14. The average molecular weight is 306 g/mol. The van der Waals surface area contributed by atoms with Gasteiger partial charge in [-0.1, -0.05) is 13.8 Å². The number of aliphatic hydroxyl groups excluding tert-OH is 1. The highest BCUT2D eigenvalue weighted by Crippen LogP contribution is 2.25. The highest BCUT2D eigenvalue weighted by atomic mass is 16.3. The molecule has 0 unspecified atom stereocenters. The molecule has 2 heterocycles. The monoisotopic (exact) mass is 306 g/mol. The Bertz CT molecular complexity index is 557. The van der Waals surface area contributed by atoms with Gasteiger partial charge in [-0.2, -0.15) is 0 Å². The fraction of sp³-hybridized carbons (Fsp3) is 0.688. The highest BCUT2D eigenvalue weighted by molar-refractivity contribution is 5.81. The fourth-order valence-electron chi connectivity index (χ4n) is 2.85. The van der Waals surface area contributed by atoms with Gasteiger partial charge in [0.15, 0.2) is 0 Å². The zero-order chi connectivity index (χ0) is 16.4. The van der Waals surface area contributed by atoms with E-state index in [9.17, 15) is 9.90 Å². The first kappa shape index (κ1) is 16.7. The Morgan fingerprint density at radius 2 is 2.05 bits per heavy atom. The molecule has 1 aromatic heterocycles. The van der Waals surface area contributed by atoms with E-state index in [-0.39, 0.29) is 5.91 Å². The van der Waals surface area contributed by atoms with Gasteiger partial charge in [-0.25, -0.2) is 9.97 Å². The van der Waals surface area contributed by atoms with Crippen molar-refractivity contribution < 1.29 is 9.90 Å². The molecule has 1 atom stereocenters. The largest absolute Gasteiger partial charge is 0.383 e. The molecule has 0 fully saturated rings. The quantitative estimate of drug-likeness (QED) is 0.903. The Balaban J connectivity index is 2.20. The van der Waals surface area contributed by atoms with Crippen LogP contribution in [0.2, 0.25) is 0 Å². The minimum Gasteiger partial charge on any atom is -0.383 e. The second-order valence-electron chi connectivity index (χ2n) is 6.57. The Hall–Kier alpha value is -1.69. The molecule has 0 radical (unpaired) electrons. The van der Waals surface area contributed by atoms with Crippen molar-refractivity contribution in [2.75, 3.05) is 25.5 Å². The van der Waals surface area contributed by atoms with Crippen LogP contribution in [-0.4, -0.2) is 52.6 Å². The number of amides is 1. The second kappa shape index (κ2) is 6.60. The van der Waals surface area contributed by atoms with E-state index >= 15 is 0 Å². The molecule has 1 amide bonds. The lowest BCUT2D eigenvalue weighted by Gasteiger charge is -2.32. The maximum Gasteiger partial charge on any atom is 0.251 e. The predicted molar refractivity (Wildman–Crippen MR) is 85.7 cm³/mol. The van der Waals surface area contributed by atoms with E-state index in [4.69, 9.17) is 0 Å². The molecule has 0 aliphatic carbocycles. The van der Waals surface area contributed by atoms with Crippen molar-refractivity contribution in [1.29, 1.82) is 0 Å². The van der Waals surface area contributed by atoms with Gasteiger partial charge >= 0.3 is 0 Å². The second-order valence-corrected chi connectivity index (χ2v) is 6.57.